The molecule has 0 aromatic rings. The summed E-state index contributed by atoms with van der Waals surface area (Å²) in [6.45, 7) is 20.5. The molecule has 0 aromatic carbocycles. The fraction of sp³-hybridized carbons (Fsp3) is 0.700. The van der Waals surface area contributed by atoms with Gasteiger partial charge in [-0.1, -0.05) is 58.3 Å². The number of ether oxygens (including phenoxy) is 3. The molecule has 0 amide bonds. The van der Waals surface area contributed by atoms with Crippen molar-refractivity contribution in [3.8, 4) is 0 Å². The molecule has 0 saturated carbocycles. The van der Waals surface area contributed by atoms with Gasteiger partial charge in [0.25, 0.3) is 0 Å². The first-order valence-electron chi connectivity index (χ1n) is 14.5. The monoisotopic (exact) mass is 602 g/mol. The topological polar surface area (TPSA) is 124 Å². The Morgan fingerprint density at radius 3 is 0.854 bits per heavy atom. The van der Waals surface area contributed by atoms with Crippen molar-refractivity contribution in [2.24, 2.45) is 0 Å². The van der Waals surface area contributed by atoms with Crippen LogP contribution in [0.1, 0.15) is 122 Å². The second kappa shape index (κ2) is 19.0. The number of phosphoric ester groups is 1. The van der Waals surface area contributed by atoms with E-state index in [1.165, 1.54) is 20.8 Å². The molecule has 10 nitrogen and oxygen atoms in total. The molecule has 0 rings (SSSR count). The van der Waals surface area contributed by atoms with Crippen LogP contribution >= 0.6 is 7.82 Å². The van der Waals surface area contributed by atoms with Crippen LogP contribution in [0, 0.1) is 0 Å². The van der Waals surface area contributed by atoms with Crippen LogP contribution in [0.5, 0.6) is 0 Å². The molecule has 0 aliphatic carbocycles. The molecule has 3 atom stereocenters. The zero-order valence-electron chi connectivity index (χ0n) is 27.0. The third-order valence-electron chi connectivity index (χ3n) is 6.72. The highest BCUT2D eigenvalue weighted by Gasteiger charge is 2.38. The lowest BCUT2D eigenvalue weighted by Gasteiger charge is -2.26. The van der Waals surface area contributed by atoms with Crippen molar-refractivity contribution in [2.75, 3.05) is 0 Å². The summed E-state index contributed by atoms with van der Waals surface area (Å²) in [5, 5.41) is 0. The molecule has 0 heterocycles. The Balaban J connectivity index is 5.98. The highest BCUT2D eigenvalue weighted by atomic mass is 31.2. The van der Waals surface area contributed by atoms with E-state index in [9.17, 15) is 18.9 Å². The van der Waals surface area contributed by atoms with Crippen LogP contribution < -0.4 is 0 Å². The summed E-state index contributed by atoms with van der Waals surface area (Å²) in [6.07, 6.45) is -0.148. The summed E-state index contributed by atoms with van der Waals surface area (Å²) in [6, 6.07) is 0. The van der Waals surface area contributed by atoms with Crippen molar-refractivity contribution in [3.05, 3.63) is 33.4 Å². The first-order chi connectivity index (χ1) is 19.1. The van der Waals surface area contributed by atoms with Crippen LogP contribution in [0.15, 0.2) is 33.4 Å². The second-order valence-electron chi connectivity index (χ2n) is 9.49. The van der Waals surface area contributed by atoms with E-state index in [1.54, 1.807) is 20.8 Å². The molecular weight excluding hydrogens is 551 g/mol. The lowest BCUT2D eigenvalue weighted by molar-refractivity contribution is -0.174. The van der Waals surface area contributed by atoms with Crippen molar-refractivity contribution < 1.29 is 46.7 Å². The van der Waals surface area contributed by atoms with Gasteiger partial charge in [-0.2, -0.15) is 0 Å². The third-order valence-corrected chi connectivity index (χ3v) is 8.39. The van der Waals surface area contributed by atoms with E-state index < -0.39 is 44.6 Å². The number of rotatable bonds is 18. The highest BCUT2D eigenvalue weighted by molar-refractivity contribution is 7.48. The van der Waals surface area contributed by atoms with Crippen molar-refractivity contribution in [1.29, 1.82) is 0 Å². The van der Waals surface area contributed by atoms with Crippen LogP contribution in [-0.2, 0) is 46.7 Å². The van der Waals surface area contributed by atoms with Gasteiger partial charge in [0.2, 0.25) is 18.9 Å². The van der Waals surface area contributed by atoms with Gasteiger partial charge < -0.3 is 14.2 Å². The Bertz CT molecular complexity index is 893. The number of esters is 3. The quantitative estimate of drug-likeness (QED) is 0.0498. The summed E-state index contributed by atoms with van der Waals surface area (Å²) in [4.78, 5) is 37.9. The Morgan fingerprint density at radius 2 is 0.683 bits per heavy atom. The highest BCUT2D eigenvalue weighted by Crippen LogP contribution is 2.53. The lowest BCUT2D eigenvalue weighted by Crippen LogP contribution is -2.26. The van der Waals surface area contributed by atoms with E-state index in [-0.39, 0.29) is 0 Å². The average molecular weight is 603 g/mol. The van der Waals surface area contributed by atoms with E-state index in [4.69, 9.17) is 27.8 Å². The van der Waals surface area contributed by atoms with Crippen LogP contribution in [0.4, 0.5) is 0 Å². The molecule has 11 heteroatoms. The number of carbonyl (C=O) groups excluding carboxylic acids is 3. The molecule has 0 aromatic heterocycles. The molecule has 0 bridgehead atoms. The molecule has 0 aliphatic heterocycles. The molecule has 0 fully saturated rings. The minimum atomic E-state index is -4.64. The summed E-state index contributed by atoms with van der Waals surface area (Å²) in [7, 11) is -4.64. The van der Waals surface area contributed by atoms with E-state index in [0.717, 1.165) is 16.7 Å². The van der Waals surface area contributed by atoms with E-state index >= 15 is 0 Å². The molecule has 0 aliphatic rings. The van der Waals surface area contributed by atoms with E-state index in [2.05, 4.69) is 0 Å². The maximum absolute atomic E-state index is 13.8. The van der Waals surface area contributed by atoms with Crippen molar-refractivity contribution >= 4 is 25.7 Å². The number of phosphoric acid groups is 1. The summed E-state index contributed by atoms with van der Waals surface area (Å²) >= 11 is 0. The summed E-state index contributed by atoms with van der Waals surface area (Å²) < 4.78 is 46.1. The smallest absolute Gasteiger partial charge is 0.432 e. The first-order valence-corrected chi connectivity index (χ1v) is 15.9. The zero-order chi connectivity index (χ0) is 31.9. The molecule has 41 heavy (non-hydrogen) atoms. The average Bonchev–Trinajstić information content (AvgIpc) is 2.89. The van der Waals surface area contributed by atoms with Gasteiger partial charge in [0.1, 0.15) is 0 Å². The minimum Gasteiger partial charge on any atom is -0.432 e. The van der Waals surface area contributed by atoms with Gasteiger partial charge in [-0.25, -0.2) is 32.5 Å². The van der Waals surface area contributed by atoms with Gasteiger partial charge in [-0.05, 0) is 80.1 Å². The Morgan fingerprint density at radius 1 is 0.488 bits per heavy atom. The lowest BCUT2D eigenvalue weighted by atomic mass is 10.1. The van der Waals surface area contributed by atoms with Crippen LogP contribution in [0.25, 0.3) is 0 Å². The first kappa shape index (κ1) is 38.7. The van der Waals surface area contributed by atoms with Crippen LogP contribution in [0.2, 0.25) is 0 Å². The minimum absolute atomic E-state index is 0.418. The predicted molar refractivity (Wildman–Crippen MR) is 157 cm³/mol. The maximum Gasteiger partial charge on any atom is 0.484 e. The number of hydrogen-bond acceptors (Lipinski definition) is 10. The Kier molecular flexibility index (Phi) is 18.0. The van der Waals surface area contributed by atoms with Crippen molar-refractivity contribution in [1.82, 2.24) is 0 Å². The summed E-state index contributed by atoms with van der Waals surface area (Å²) in [5.41, 5.74) is 3.97. The Labute approximate surface area is 246 Å². The zero-order valence-corrected chi connectivity index (χ0v) is 27.9. The molecule has 0 spiro atoms. The fourth-order valence-electron chi connectivity index (χ4n) is 4.18. The molecular formula is C30H51O10P. The van der Waals surface area contributed by atoms with Gasteiger partial charge in [-0.3, -0.25) is 0 Å². The van der Waals surface area contributed by atoms with E-state index in [0.29, 0.717) is 55.2 Å². The number of carbonyl (C=O) groups is 3. The van der Waals surface area contributed by atoms with Gasteiger partial charge in [0.15, 0.2) is 0 Å². The van der Waals surface area contributed by atoms with Gasteiger partial charge in [0.05, 0.1) is 0 Å². The molecule has 0 saturated heterocycles. The standard InChI is InChI=1S/C30H51O10P/c1-13-25(14-2)19(7)28(31)35-22(10)38-41(34,39-23(11)36-29(32)20(8)26(15-3)16-4)40-24(12)37-30(33)21(9)27(17-5)18-6/h22-24H,13-18H2,1-12H3. The number of hydrogen-bond donors (Lipinski definition) is 0. The fourth-order valence-corrected chi connectivity index (χ4v) is 5.54. The third kappa shape index (κ3) is 13.1. The van der Waals surface area contributed by atoms with Crippen molar-refractivity contribution in [2.45, 2.75) is 140 Å². The maximum atomic E-state index is 13.8. The molecule has 0 radical (unpaired) electrons. The van der Waals surface area contributed by atoms with E-state index in [1.807, 2.05) is 41.5 Å². The van der Waals surface area contributed by atoms with Crippen LogP contribution in [0.3, 0.4) is 0 Å². The Hall–Kier alpha value is -2.26. The largest absolute Gasteiger partial charge is 0.484 e. The molecule has 236 valence electrons. The van der Waals surface area contributed by atoms with Gasteiger partial charge >= 0.3 is 25.7 Å². The molecule has 0 N–H and O–H groups in total. The normalized spacial score (nSPS) is 14.5. The predicted octanol–water partition coefficient (Wildman–Crippen LogP) is 8.22. The second-order valence-corrected chi connectivity index (χ2v) is 11.0. The van der Waals surface area contributed by atoms with Crippen molar-refractivity contribution in [3.63, 3.8) is 0 Å². The van der Waals surface area contributed by atoms with Gasteiger partial charge in [-0.15, -0.1) is 0 Å². The molecule has 3 unspecified atom stereocenters. The van der Waals surface area contributed by atoms with Gasteiger partial charge in [0, 0.05) is 16.7 Å². The SMILES string of the molecule is CCC(CC)=C(C)C(=O)OC(C)OP(=O)(OC(C)OC(=O)C(C)=C(CC)CC)OC(C)OC(=O)C(C)=C(CC)CC. The van der Waals surface area contributed by atoms with Crippen LogP contribution in [-0.4, -0.2) is 36.8 Å². The summed E-state index contributed by atoms with van der Waals surface area (Å²) in [5.74, 6) is -1.95. The number of allylic oxidation sites excluding steroid dienone is 3.